The van der Waals surface area contributed by atoms with E-state index in [1.807, 2.05) is 10.3 Å². The van der Waals surface area contributed by atoms with Crippen molar-refractivity contribution in [2.24, 2.45) is 5.92 Å². The zero-order chi connectivity index (χ0) is 15.1. The summed E-state index contributed by atoms with van der Waals surface area (Å²) < 4.78 is 1.57. The van der Waals surface area contributed by atoms with Crippen molar-refractivity contribution in [2.75, 3.05) is 26.2 Å². The van der Waals surface area contributed by atoms with Crippen LogP contribution in [0.1, 0.15) is 18.5 Å². The van der Waals surface area contributed by atoms with Gasteiger partial charge >= 0.3 is 0 Å². The molecule has 4 rings (SSSR count). The molecule has 1 aliphatic heterocycles. The van der Waals surface area contributed by atoms with Crippen LogP contribution in [0.25, 0.3) is 4.96 Å². The highest BCUT2D eigenvalue weighted by molar-refractivity contribution is 7.15. The summed E-state index contributed by atoms with van der Waals surface area (Å²) in [4.78, 5) is 33.6. The van der Waals surface area contributed by atoms with Gasteiger partial charge in [-0.1, -0.05) is 0 Å². The van der Waals surface area contributed by atoms with Gasteiger partial charge in [0.2, 0.25) is 5.91 Å². The molecule has 0 spiro atoms. The first-order valence-electron chi connectivity index (χ1n) is 7.67. The summed E-state index contributed by atoms with van der Waals surface area (Å²) in [7, 11) is 0. The largest absolute Gasteiger partial charge is 0.340 e. The van der Waals surface area contributed by atoms with Gasteiger partial charge in [0.25, 0.3) is 5.56 Å². The molecule has 0 aromatic carbocycles. The maximum atomic E-state index is 12.0. The summed E-state index contributed by atoms with van der Waals surface area (Å²) in [5.41, 5.74) is 0.790. The molecule has 1 saturated carbocycles. The van der Waals surface area contributed by atoms with Crippen molar-refractivity contribution in [3.63, 3.8) is 0 Å². The van der Waals surface area contributed by atoms with E-state index in [0.717, 1.165) is 49.7 Å². The summed E-state index contributed by atoms with van der Waals surface area (Å²) in [6, 6.07) is 1.61. The second-order valence-electron chi connectivity index (χ2n) is 6.02. The maximum absolute atomic E-state index is 12.0. The molecule has 1 saturated heterocycles. The molecule has 116 valence electrons. The summed E-state index contributed by atoms with van der Waals surface area (Å²) >= 11 is 1.47. The standard InChI is InChI=1S/C15H18N4O2S/c20-13-9-12(16-15-19(13)7-8-22-15)10-17-3-5-18(6-4-17)14(21)11-1-2-11/h7-9,11H,1-6,10H2. The second-order valence-corrected chi connectivity index (χ2v) is 6.89. The van der Waals surface area contributed by atoms with E-state index in [1.54, 1.807) is 16.7 Å². The lowest BCUT2D eigenvalue weighted by molar-refractivity contribution is -0.134. The van der Waals surface area contributed by atoms with E-state index in [2.05, 4.69) is 9.88 Å². The van der Waals surface area contributed by atoms with Gasteiger partial charge in [-0.3, -0.25) is 18.9 Å². The van der Waals surface area contributed by atoms with Crippen LogP contribution in [0, 0.1) is 5.92 Å². The van der Waals surface area contributed by atoms with E-state index in [-0.39, 0.29) is 5.56 Å². The summed E-state index contributed by atoms with van der Waals surface area (Å²) in [6.07, 6.45) is 3.88. The first-order chi connectivity index (χ1) is 10.7. The third-order valence-electron chi connectivity index (χ3n) is 4.35. The van der Waals surface area contributed by atoms with Crippen LogP contribution in [0.4, 0.5) is 0 Å². The fourth-order valence-electron chi connectivity index (χ4n) is 2.91. The summed E-state index contributed by atoms with van der Waals surface area (Å²) in [5.74, 6) is 0.630. The quantitative estimate of drug-likeness (QED) is 0.840. The Morgan fingerprint density at radius 3 is 2.77 bits per heavy atom. The molecule has 0 N–H and O–H groups in total. The van der Waals surface area contributed by atoms with Gasteiger partial charge in [-0.05, 0) is 12.8 Å². The topological polar surface area (TPSA) is 57.9 Å². The highest BCUT2D eigenvalue weighted by atomic mass is 32.1. The van der Waals surface area contributed by atoms with Gasteiger partial charge in [0, 0.05) is 56.3 Å². The molecule has 3 heterocycles. The van der Waals surface area contributed by atoms with Gasteiger partial charge in [-0.25, -0.2) is 4.98 Å². The molecular weight excluding hydrogens is 300 g/mol. The number of carbonyl (C=O) groups is 1. The molecule has 2 aliphatic rings. The van der Waals surface area contributed by atoms with Gasteiger partial charge in [0.05, 0.1) is 5.69 Å². The number of fused-ring (bicyclic) bond motifs is 1. The number of hydrogen-bond acceptors (Lipinski definition) is 5. The fraction of sp³-hybridized carbons (Fsp3) is 0.533. The Balaban J connectivity index is 1.41. The number of amides is 1. The van der Waals surface area contributed by atoms with E-state index in [0.29, 0.717) is 18.4 Å². The smallest absolute Gasteiger partial charge is 0.258 e. The number of hydrogen-bond donors (Lipinski definition) is 0. The predicted octanol–water partition coefficient (Wildman–Crippen LogP) is 0.810. The Bertz CT molecular complexity index is 756. The lowest BCUT2D eigenvalue weighted by atomic mass is 10.2. The second kappa shape index (κ2) is 5.48. The third-order valence-corrected chi connectivity index (χ3v) is 5.11. The minimum absolute atomic E-state index is 0.0243. The Hall–Kier alpha value is -1.73. The zero-order valence-corrected chi connectivity index (χ0v) is 13.1. The number of carbonyl (C=O) groups excluding carboxylic acids is 1. The van der Waals surface area contributed by atoms with Crippen LogP contribution >= 0.6 is 11.3 Å². The SMILES string of the molecule is O=C(C1CC1)N1CCN(Cc2cc(=O)n3ccsc3n2)CC1. The van der Waals surface area contributed by atoms with Gasteiger partial charge < -0.3 is 4.90 Å². The molecular formula is C15H18N4O2S. The number of thiazole rings is 1. The molecule has 2 aromatic rings. The van der Waals surface area contributed by atoms with Crippen LogP contribution in [0.3, 0.4) is 0 Å². The Morgan fingerprint density at radius 2 is 2.05 bits per heavy atom. The number of rotatable bonds is 3. The summed E-state index contributed by atoms with van der Waals surface area (Å²) in [5, 5.41) is 1.87. The van der Waals surface area contributed by atoms with Crippen LogP contribution in [-0.4, -0.2) is 51.3 Å². The minimum Gasteiger partial charge on any atom is -0.340 e. The normalized spacial score (nSPS) is 19.7. The van der Waals surface area contributed by atoms with Crippen molar-refractivity contribution in [3.05, 3.63) is 33.7 Å². The molecule has 2 fully saturated rings. The van der Waals surface area contributed by atoms with Gasteiger partial charge in [0.1, 0.15) is 0 Å². The third kappa shape index (κ3) is 2.66. The Kier molecular flexibility index (Phi) is 3.46. The number of nitrogens with zero attached hydrogens (tertiary/aromatic N) is 4. The lowest BCUT2D eigenvalue weighted by Gasteiger charge is -2.34. The molecule has 0 unspecified atom stereocenters. The van der Waals surface area contributed by atoms with Crippen molar-refractivity contribution >= 4 is 22.2 Å². The van der Waals surface area contributed by atoms with Crippen molar-refractivity contribution in [1.29, 1.82) is 0 Å². The molecule has 1 aliphatic carbocycles. The zero-order valence-electron chi connectivity index (χ0n) is 12.3. The van der Waals surface area contributed by atoms with E-state index in [9.17, 15) is 9.59 Å². The van der Waals surface area contributed by atoms with Gasteiger partial charge in [-0.2, -0.15) is 0 Å². The monoisotopic (exact) mass is 318 g/mol. The van der Waals surface area contributed by atoms with Crippen molar-refractivity contribution in [2.45, 2.75) is 19.4 Å². The van der Waals surface area contributed by atoms with Crippen LogP contribution in [0.2, 0.25) is 0 Å². The van der Waals surface area contributed by atoms with Crippen LogP contribution < -0.4 is 5.56 Å². The molecule has 0 bridgehead atoms. The first-order valence-corrected chi connectivity index (χ1v) is 8.55. The molecule has 0 radical (unpaired) electrons. The molecule has 6 nitrogen and oxygen atoms in total. The van der Waals surface area contributed by atoms with Gasteiger partial charge in [-0.15, -0.1) is 11.3 Å². The molecule has 2 aromatic heterocycles. The minimum atomic E-state index is -0.0243. The maximum Gasteiger partial charge on any atom is 0.258 e. The highest BCUT2D eigenvalue weighted by Crippen LogP contribution is 2.31. The van der Waals surface area contributed by atoms with E-state index >= 15 is 0 Å². The Labute approximate surface area is 132 Å². The summed E-state index contributed by atoms with van der Waals surface area (Å²) in [6.45, 7) is 3.95. The molecule has 0 atom stereocenters. The van der Waals surface area contributed by atoms with Gasteiger partial charge in [0.15, 0.2) is 4.96 Å². The predicted molar refractivity (Wildman–Crippen MR) is 83.9 cm³/mol. The highest BCUT2D eigenvalue weighted by Gasteiger charge is 2.34. The van der Waals surface area contributed by atoms with E-state index in [1.165, 1.54) is 11.3 Å². The average molecular weight is 318 g/mol. The fourth-order valence-corrected chi connectivity index (χ4v) is 3.65. The van der Waals surface area contributed by atoms with Crippen molar-refractivity contribution in [1.82, 2.24) is 19.2 Å². The van der Waals surface area contributed by atoms with Crippen LogP contribution in [0.5, 0.6) is 0 Å². The lowest BCUT2D eigenvalue weighted by Crippen LogP contribution is -2.48. The molecule has 7 heteroatoms. The Morgan fingerprint density at radius 1 is 1.27 bits per heavy atom. The first kappa shape index (κ1) is 13.9. The molecule has 22 heavy (non-hydrogen) atoms. The molecule has 1 amide bonds. The average Bonchev–Trinajstić information content (AvgIpc) is 3.26. The van der Waals surface area contributed by atoms with E-state index < -0.39 is 0 Å². The van der Waals surface area contributed by atoms with Crippen LogP contribution in [-0.2, 0) is 11.3 Å². The number of aromatic nitrogens is 2. The van der Waals surface area contributed by atoms with Crippen molar-refractivity contribution < 1.29 is 4.79 Å². The van der Waals surface area contributed by atoms with E-state index in [4.69, 9.17) is 0 Å². The van der Waals surface area contributed by atoms with Crippen LogP contribution in [0.15, 0.2) is 22.4 Å². The number of piperazine rings is 1. The van der Waals surface area contributed by atoms with Crippen molar-refractivity contribution in [3.8, 4) is 0 Å².